The predicted molar refractivity (Wildman–Crippen MR) is 113 cm³/mol. The van der Waals surface area contributed by atoms with Crippen LogP contribution in [0.15, 0.2) is 59.4 Å². The second-order valence-corrected chi connectivity index (χ2v) is 6.95. The number of carbonyl (C=O) groups excluding carboxylic acids is 2. The lowest BCUT2D eigenvalue weighted by Gasteiger charge is -2.16. The Morgan fingerprint density at radius 2 is 1.67 bits per heavy atom. The van der Waals surface area contributed by atoms with Crippen LogP contribution in [0.2, 0.25) is 0 Å². The number of anilines is 2. The van der Waals surface area contributed by atoms with E-state index in [1.807, 2.05) is 0 Å². The van der Waals surface area contributed by atoms with Crippen molar-refractivity contribution >= 4 is 23.2 Å². The van der Waals surface area contributed by atoms with Gasteiger partial charge in [0.2, 0.25) is 0 Å². The number of hydrogen-bond acceptors (Lipinski definition) is 4. The van der Waals surface area contributed by atoms with Gasteiger partial charge in [0, 0.05) is 23.9 Å². The molecule has 3 aromatic rings. The minimum atomic E-state index is -4.85. The molecule has 0 aliphatic carbocycles. The smallest absolute Gasteiger partial charge is 0.322 e. The number of nitrogens with one attached hydrogen (secondary N) is 2. The fourth-order valence-corrected chi connectivity index (χ4v) is 2.90. The van der Waals surface area contributed by atoms with E-state index in [1.165, 1.54) is 18.2 Å². The summed E-state index contributed by atoms with van der Waals surface area (Å²) in [4.78, 5) is 36.4. The van der Waals surface area contributed by atoms with E-state index in [0.29, 0.717) is 12.5 Å². The molecule has 3 rings (SSSR count). The van der Waals surface area contributed by atoms with Crippen molar-refractivity contribution in [2.75, 3.05) is 10.6 Å². The normalized spacial score (nSPS) is 11.2. The highest BCUT2D eigenvalue weighted by Gasteiger charge is 2.34. The number of halogens is 4. The summed E-state index contributed by atoms with van der Waals surface area (Å²) >= 11 is 0. The third-order valence-corrected chi connectivity index (χ3v) is 4.47. The molecule has 1 heterocycles. The zero-order valence-corrected chi connectivity index (χ0v) is 17.2. The Bertz CT molecular complexity index is 1240. The molecule has 0 saturated heterocycles. The van der Waals surface area contributed by atoms with E-state index in [9.17, 15) is 31.9 Å². The number of benzene rings is 2. The number of carbonyl (C=O) groups is 2. The highest BCUT2D eigenvalue weighted by molar-refractivity contribution is 6.05. The SMILES string of the molecule is CCCn1nc(C(=O)Nc2ccc(NC(=O)c3ccc(F)cc3)cc2C(F)(F)F)ccc1=O. The van der Waals surface area contributed by atoms with Gasteiger partial charge in [0.25, 0.3) is 17.4 Å². The predicted octanol–water partition coefficient (Wildman–Crippen LogP) is 4.32. The minimum absolute atomic E-state index is 0.0515. The number of aromatic nitrogens is 2. The molecule has 2 N–H and O–H groups in total. The first kappa shape index (κ1) is 23.6. The molecule has 0 unspecified atom stereocenters. The highest BCUT2D eigenvalue weighted by atomic mass is 19.4. The molecule has 2 aromatic carbocycles. The largest absolute Gasteiger partial charge is 0.418 e. The van der Waals surface area contributed by atoms with Crippen molar-refractivity contribution in [1.29, 1.82) is 0 Å². The summed E-state index contributed by atoms with van der Waals surface area (Å²) in [5, 5.41) is 8.33. The summed E-state index contributed by atoms with van der Waals surface area (Å²) in [5.41, 5.74) is -2.55. The van der Waals surface area contributed by atoms with Crippen LogP contribution in [-0.4, -0.2) is 21.6 Å². The molecule has 0 spiro atoms. The third kappa shape index (κ3) is 5.82. The fraction of sp³-hybridized carbons (Fsp3) is 0.182. The average molecular weight is 462 g/mol. The van der Waals surface area contributed by atoms with Gasteiger partial charge < -0.3 is 10.6 Å². The average Bonchev–Trinajstić information content (AvgIpc) is 2.76. The summed E-state index contributed by atoms with van der Waals surface area (Å²) in [6.45, 7) is 2.04. The van der Waals surface area contributed by atoms with Gasteiger partial charge in [-0.15, -0.1) is 0 Å². The van der Waals surface area contributed by atoms with Crippen LogP contribution in [0.3, 0.4) is 0 Å². The number of aryl methyl sites for hydroxylation is 1. The maximum absolute atomic E-state index is 13.6. The minimum Gasteiger partial charge on any atom is -0.322 e. The molecular weight excluding hydrogens is 444 g/mol. The van der Waals surface area contributed by atoms with Gasteiger partial charge in [-0.1, -0.05) is 6.92 Å². The molecule has 2 amide bonds. The van der Waals surface area contributed by atoms with E-state index in [2.05, 4.69) is 15.7 Å². The highest BCUT2D eigenvalue weighted by Crippen LogP contribution is 2.37. The molecule has 1 aromatic heterocycles. The molecule has 0 fully saturated rings. The summed E-state index contributed by atoms with van der Waals surface area (Å²) in [6.07, 6.45) is -4.28. The molecule has 0 aliphatic heterocycles. The van der Waals surface area contributed by atoms with E-state index in [-0.39, 0.29) is 23.5 Å². The summed E-state index contributed by atoms with van der Waals surface area (Å²) in [7, 11) is 0. The van der Waals surface area contributed by atoms with Crippen molar-refractivity contribution in [1.82, 2.24) is 9.78 Å². The fourth-order valence-electron chi connectivity index (χ4n) is 2.90. The van der Waals surface area contributed by atoms with Gasteiger partial charge in [0.15, 0.2) is 0 Å². The van der Waals surface area contributed by atoms with Crippen LogP contribution in [0.4, 0.5) is 28.9 Å². The topological polar surface area (TPSA) is 93.1 Å². The standard InChI is InChI=1S/C22H18F4N4O3/c1-2-11-30-19(31)10-9-18(29-30)21(33)28-17-8-7-15(12-16(17)22(24,25)26)27-20(32)13-3-5-14(23)6-4-13/h3-10,12H,2,11H2,1H3,(H,27,32)(H,28,33). The van der Waals surface area contributed by atoms with Gasteiger partial charge in [-0.2, -0.15) is 18.3 Å². The van der Waals surface area contributed by atoms with Crippen molar-refractivity contribution in [2.45, 2.75) is 26.1 Å². The van der Waals surface area contributed by atoms with Crippen molar-refractivity contribution < 1.29 is 27.2 Å². The number of nitrogens with zero attached hydrogens (tertiary/aromatic N) is 2. The number of alkyl halides is 3. The number of rotatable bonds is 6. The summed E-state index contributed by atoms with van der Waals surface area (Å²) in [5.74, 6) is -2.23. The molecule has 172 valence electrons. The lowest BCUT2D eigenvalue weighted by atomic mass is 10.1. The Hall–Kier alpha value is -4.02. The third-order valence-electron chi connectivity index (χ3n) is 4.47. The van der Waals surface area contributed by atoms with E-state index in [0.717, 1.165) is 35.0 Å². The van der Waals surface area contributed by atoms with E-state index < -0.39 is 40.6 Å². The molecule has 0 bridgehead atoms. The summed E-state index contributed by atoms with van der Waals surface area (Å²) < 4.78 is 55.0. The van der Waals surface area contributed by atoms with Crippen molar-refractivity contribution in [2.24, 2.45) is 0 Å². The van der Waals surface area contributed by atoms with E-state index in [1.54, 1.807) is 6.92 Å². The molecule has 33 heavy (non-hydrogen) atoms. The van der Waals surface area contributed by atoms with Crippen LogP contribution in [0, 0.1) is 5.82 Å². The molecule has 0 aliphatic rings. The summed E-state index contributed by atoms with van der Waals surface area (Å²) in [6, 6.07) is 9.54. The molecule has 0 atom stereocenters. The van der Waals surface area contributed by atoms with Gasteiger partial charge in [-0.25, -0.2) is 9.07 Å². The number of amides is 2. The monoisotopic (exact) mass is 462 g/mol. The maximum Gasteiger partial charge on any atom is 0.418 e. The van der Waals surface area contributed by atoms with Crippen LogP contribution in [0.25, 0.3) is 0 Å². The first-order valence-electron chi connectivity index (χ1n) is 9.76. The van der Waals surface area contributed by atoms with E-state index >= 15 is 0 Å². The zero-order valence-electron chi connectivity index (χ0n) is 17.2. The quantitative estimate of drug-likeness (QED) is 0.534. The van der Waals surface area contributed by atoms with Gasteiger partial charge in [0.05, 0.1) is 11.3 Å². The lowest BCUT2D eigenvalue weighted by molar-refractivity contribution is -0.136. The van der Waals surface area contributed by atoms with E-state index in [4.69, 9.17) is 0 Å². The van der Waals surface area contributed by atoms with Crippen LogP contribution in [-0.2, 0) is 12.7 Å². The first-order chi connectivity index (χ1) is 15.6. The molecule has 11 heteroatoms. The van der Waals surface area contributed by atoms with Crippen LogP contribution >= 0.6 is 0 Å². The van der Waals surface area contributed by atoms with Crippen LogP contribution in [0.5, 0.6) is 0 Å². The molecule has 7 nitrogen and oxygen atoms in total. The van der Waals surface area contributed by atoms with Gasteiger partial charge in [-0.3, -0.25) is 14.4 Å². The molecule has 0 radical (unpaired) electrons. The van der Waals surface area contributed by atoms with Crippen molar-refractivity contribution in [3.05, 3.63) is 87.6 Å². The molecule has 0 saturated carbocycles. The first-order valence-corrected chi connectivity index (χ1v) is 9.76. The van der Waals surface area contributed by atoms with Crippen LogP contribution < -0.4 is 16.2 Å². The second-order valence-electron chi connectivity index (χ2n) is 6.95. The van der Waals surface area contributed by atoms with Gasteiger partial charge >= 0.3 is 6.18 Å². The second kappa shape index (κ2) is 9.63. The lowest BCUT2D eigenvalue weighted by Crippen LogP contribution is -2.26. The zero-order chi connectivity index (χ0) is 24.2. The Labute approximate surface area is 185 Å². The Balaban J connectivity index is 1.86. The Kier molecular flexibility index (Phi) is 6.90. The maximum atomic E-state index is 13.6. The van der Waals surface area contributed by atoms with Gasteiger partial charge in [0.1, 0.15) is 11.5 Å². The van der Waals surface area contributed by atoms with Gasteiger partial charge in [-0.05, 0) is 55.0 Å². The Morgan fingerprint density at radius 3 is 2.30 bits per heavy atom. The van der Waals surface area contributed by atoms with Crippen LogP contribution in [0.1, 0.15) is 39.8 Å². The number of hydrogen-bond donors (Lipinski definition) is 2. The molecular formula is C22H18F4N4O3. The van der Waals surface area contributed by atoms with Crippen molar-refractivity contribution in [3.63, 3.8) is 0 Å². The Morgan fingerprint density at radius 1 is 0.970 bits per heavy atom. The van der Waals surface area contributed by atoms with Crippen molar-refractivity contribution in [3.8, 4) is 0 Å².